The van der Waals surface area contributed by atoms with E-state index in [0.717, 1.165) is 96.3 Å². The summed E-state index contributed by atoms with van der Waals surface area (Å²) in [5.41, 5.74) is 0. The fraction of sp³-hybridized carbons (Fsp3) is 0.773. The lowest BCUT2D eigenvalue weighted by Crippen LogP contribution is -2.30. The molecular formula is C66H116O6. The van der Waals surface area contributed by atoms with Gasteiger partial charge >= 0.3 is 17.9 Å². The quantitative estimate of drug-likeness (QED) is 0.0261. The standard InChI is InChI=1S/C66H116O6/c1-4-7-10-13-16-19-22-25-28-30-32-33-35-36-38-41-44-47-50-53-56-59-65(68)71-62-63(61-70-64(67)58-55-52-49-46-43-40-27-24-21-18-15-12-9-6-3)72-66(69)60-57-54-51-48-45-42-39-37-34-31-29-26-23-20-17-14-11-8-5-2/h7,10,16,19,25,28,32-33,36,38,44,47,63H,4-6,8-9,11-15,17-18,20-24,26-27,29-31,34-35,37,39-43,45-46,48-62H2,1-3H3/b10-7-,19-16-,28-25-,33-32-,38-36-,47-44-. The van der Waals surface area contributed by atoms with Gasteiger partial charge in [-0.3, -0.25) is 14.4 Å². The highest BCUT2D eigenvalue weighted by atomic mass is 16.6. The molecule has 0 aromatic rings. The average Bonchev–Trinajstić information content (AvgIpc) is 3.38. The third kappa shape index (κ3) is 57.7. The van der Waals surface area contributed by atoms with Gasteiger partial charge in [0.25, 0.3) is 0 Å². The summed E-state index contributed by atoms with van der Waals surface area (Å²) in [5.74, 6) is -0.914. The summed E-state index contributed by atoms with van der Waals surface area (Å²) in [6.45, 7) is 6.53. The molecule has 0 heterocycles. The van der Waals surface area contributed by atoms with Gasteiger partial charge in [0.2, 0.25) is 0 Å². The number of hydrogen-bond donors (Lipinski definition) is 0. The fourth-order valence-electron chi connectivity index (χ4n) is 8.86. The molecule has 0 amide bonds. The topological polar surface area (TPSA) is 78.9 Å². The van der Waals surface area contributed by atoms with Crippen molar-refractivity contribution >= 4 is 17.9 Å². The first-order chi connectivity index (χ1) is 35.5. The second-order valence-electron chi connectivity index (χ2n) is 20.6. The van der Waals surface area contributed by atoms with E-state index in [1.165, 1.54) is 173 Å². The van der Waals surface area contributed by atoms with E-state index in [1.54, 1.807) is 0 Å². The van der Waals surface area contributed by atoms with Crippen molar-refractivity contribution in [2.75, 3.05) is 13.2 Å². The van der Waals surface area contributed by atoms with Crippen molar-refractivity contribution in [3.05, 3.63) is 72.9 Å². The van der Waals surface area contributed by atoms with E-state index in [4.69, 9.17) is 14.2 Å². The molecule has 0 saturated carbocycles. The number of hydrogen-bond acceptors (Lipinski definition) is 6. The number of esters is 3. The van der Waals surface area contributed by atoms with Crippen LogP contribution in [0.4, 0.5) is 0 Å². The Labute approximate surface area is 446 Å². The van der Waals surface area contributed by atoms with Crippen molar-refractivity contribution in [1.29, 1.82) is 0 Å². The summed E-state index contributed by atoms with van der Waals surface area (Å²) < 4.78 is 16.9. The molecule has 1 unspecified atom stereocenters. The smallest absolute Gasteiger partial charge is 0.306 e. The Morgan fingerprint density at radius 1 is 0.292 bits per heavy atom. The highest BCUT2D eigenvalue weighted by Gasteiger charge is 2.19. The van der Waals surface area contributed by atoms with Gasteiger partial charge in [0.15, 0.2) is 6.10 Å². The maximum Gasteiger partial charge on any atom is 0.306 e. The molecule has 0 spiro atoms. The Morgan fingerprint density at radius 2 is 0.542 bits per heavy atom. The Kier molecular flexibility index (Phi) is 57.8. The van der Waals surface area contributed by atoms with Crippen molar-refractivity contribution in [3.8, 4) is 0 Å². The molecule has 0 aromatic carbocycles. The van der Waals surface area contributed by atoms with Crippen molar-refractivity contribution in [2.45, 2.75) is 316 Å². The van der Waals surface area contributed by atoms with Crippen molar-refractivity contribution in [2.24, 2.45) is 0 Å². The summed E-state index contributed by atoms with van der Waals surface area (Å²) in [5, 5.41) is 0. The zero-order chi connectivity index (χ0) is 52.2. The minimum absolute atomic E-state index is 0.0850. The van der Waals surface area contributed by atoms with Gasteiger partial charge in [-0.25, -0.2) is 0 Å². The summed E-state index contributed by atoms with van der Waals surface area (Å²) in [6.07, 6.45) is 77.6. The highest BCUT2D eigenvalue weighted by Crippen LogP contribution is 2.17. The third-order valence-corrected chi connectivity index (χ3v) is 13.5. The van der Waals surface area contributed by atoms with Crippen LogP contribution in [0.1, 0.15) is 310 Å². The van der Waals surface area contributed by atoms with Crippen molar-refractivity contribution < 1.29 is 28.6 Å². The molecule has 0 N–H and O–H groups in total. The Morgan fingerprint density at radius 3 is 0.847 bits per heavy atom. The van der Waals surface area contributed by atoms with Gasteiger partial charge in [-0.05, 0) is 70.6 Å². The second-order valence-corrected chi connectivity index (χ2v) is 20.6. The van der Waals surface area contributed by atoms with Gasteiger partial charge in [0, 0.05) is 19.3 Å². The molecule has 1 atom stereocenters. The lowest BCUT2D eigenvalue weighted by Gasteiger charge is -2.18. The molecule has 0 saturated heterocycles. The molecular weight excluding hydrogens is 889 g/mol. The summed E-state index contributed by atoms with van der Waals surface area (Å²) >= 11 is 0. The van der Waals surface area contributed by atoms with Crippen LogP contribution >= 0.6 is 0 Å². The van der Waals surface area contributed by atoms with Crippen LogP contribution in [0.5, 0.6) is 0 Å². The van der Waals surface area contributed by atoms with E-state index < -0.39 is 6.10 Å². The van der Waals surface area contributed by atoms with Crippen LogP contribution in [0.25, 0.3) is 0 Å². The van der Waals surface area contributed by atoms with Gasteiger partial charge in [-0.1, -0.05) is 293 Å². The largest absolute Gasteiger partial charge is 0.462 e. The third-order valence-electron chi connectivity index (χ3n) is 13.5. The highest BCUT2D eigenvalue weighted by molar-refractivity contribution is 5.71. The van der Waals surface area contributed by atoms with E-state index in [1.807, 2.05) is 0 Å². The molecule has 0 bridgehead atoms. The van der Waals surface area contributed by atoms with Gasteiger partial charge in [0.05, 0.1) is 0 Å². The van der Waals surface area contributed by atoms with Crippen LogP contribution in [0, 0.1) is 0 Å². The summed E-state index contributed by atoms with van der Waals surface area (Å²) in [4.78, 5) is 38.2. The summed E-state index contributed by atoms with van der Waals surface area (Å²) in [6, 6.07) is 0. The van der Waals surface area contributed by atoms with Crippen molar-refractivity contribution in [3.63, 3.8) is 0 Å². The molecule has 6 nitrogen and oxygen atoms in total. The molecule has 0 aliphatic rings. The summed E-state index contributed by atoms with van der Waals surface area (Å²) in [7, 11) is 0. The van der Waals surface area contributed by atoms with Crippen LogP contribution in [0.2, 0.25) is 0 Å². The molecule has 0 aromatic heterocycles. The Hall–Kier alpha value is -3.15. The lowest BCUT2D eigenvalue weighted by atomic mass is 10.0. The Balaban J connectivity index is 4.41. The Bertz CT molecular complexity index is 1340. The first-order valence-electron chi connectivity index (χ1n) is 30.9. The van der Waals surface area contributed by atoms with Crippen LogP contribution < -0.4 is 0 Å². The predicted octanol–water partition coefficient (Wildman–Crippen LogP) is 20.9. The first kappa shape index (κ1) is 68.8. The predicted molar refractivity (Wildman–Crippen MR) is 311 cm³/mol. The molecule has 72 heavy (non-hydrogen) atoms. The molecule has 0 radical (unpaired) electrons. The van der Waals surface area contributed by atoms with E-state index in [-0.39, 0.29) is 31.1 Å². The second kappa shape index (κ2) is 60.4. The maximum absolute atomic E-state index is 12.9. The zero-order valence-corrected chi connectivity index (χ0v) is 47.7. The fourth-order valence-corrected chi connectivity index (χ4v) is 8.86. The number of allylic oxidation sites excluding steroid dienone is 12. The van der Waals surface area contributed by atoms with Gasteiger partial charge < -0.3 is 14.2 Å². The molecule has 6 heteroatoms. The number of rotatable bonds is 56. The monoisotopic (exact) mass is 1000 g/mol. The molecule has 0 aliphatic heterocycles. The molecule has 0 rings (SSSR count). The number of carbonyl (C=O) groups excluding carboxylic acids is 3. The van der Waals surface area contributed by atoms with Crippen LogP contribution in [0.15, 0.2) is 72.9 Å². The van der Waals surface area contributed by atoms with Crippen LogP contribution in [0.3, 0.4) is 0 Å². The van der Waals surface area contributed by atoms with E-state index in [9.17, 15) is 14.4 Å². The van der Waals surface area contributed by atoms with Gasteiger partial charge in [-0.15, -0.1) is 0 Å². The minimum atomic E-state index is -0.791. The zero-order valence-electron chi connectivity index (χ0n) is 47.7. The number of ether oxygens (including phenoxy) is 3. The minimum Gasteiger partial charge on any atom is -0.462 e. The van der Waals surface area contributed by atoms with E-state index >= 15 is 0 Å². The normalized spacial score (nSPS) is 12.5. The molecule has 416 valence electrons. The maximum atomic E-state index is 12.9. The molecule has 0 aliphatic carbocycles. The van der Waals surface area contributed by atoms with Crippen LogP contribution in [-0.4, -0.2) is 37.2 Å². The average molecular weight is 1010 g/mol. The SMILES string of the molecule is CC/C=C\C/C=C\C/C=C\C/C=C\C/C=C\C/C=C\CCCCC(=O)OCC(COC(=O)CCCCCCCCCCCCCCCC)OC(=O)CCCCCCCCCCCCCCCCCCCCC. The van der Waals surface area contributed by atoms with E-state index in [0.29, 0.717) is 19.3 Å². The van der Waals surface area contributed by atoms with E-state index in [2.05, 4.69) is 93.7 Å². The van der Waals surface area contributed by atoms with Crippen LogP contribution in [-0.2, 0) is 28.6 Å². The van der Waals surface area contributed by atoms with Gasteiger partial charge in [0.1, 0.15) is 13.2 Å². The number of unbranched alkanes of at least 4 members (excludes halogenated alkanes) is 33. The lowest BCUT2D eigenvalue weighted by molar-refractivity contribution is -0.167. The first-order valence-corrected chi connectivity index (χ1v) is 30.9. The molecule has 0 fully saturated rings. The van der Waals surface area contributed by atoms with Crippen molar-refractivity contribution in [1.82, 2.24) is 0 Å². The number of carbonyl (C=O) groups is 3. The van der Waals surface area contributed by atoms with Gasteiger partial charge in [-0.2, -0.15) is 0 Å².